The van der Waals surface area contributed by atoms with Crippen LogP contribution in [-0.4, -0.2) is 18.3 Å². The van der Waals surface area contributed by atoms with Crippen molar-refractivity contribution in [2.75, 3.05) is 13.4 Å². The molecule has 0 bridgehead atoms. The number of benzene rings is 2. The first-order valence-electron chi connectivity index (χ1n) is 7.25. The summed E-state index contributed by atoms with van der Waals surface area (Å²) < 4.78 is 32.6. The van der Waals surface area contributed by atoms with Crippen molar-refractivity contribution in [3.8, 4) is 23.3 Å². The molecule has 0 spiro atoms. The van der Waals surface area contributed by atoms with E-state index in [0.29, 0.717) is 16.7 Å². The molecule has 126 valence electrons. The maximum absolute atomic E-state index is 14.1. The van der Waals surface area contributed by atoms with Gasteiger partial charge in [-0.2, -0.15) is 5.26 Å². The number of rotatable bonds is 4. The molecule has 0 saturated carbocycles. The second-order valence-electron chi connectivity index (χ2n) is 5.20. The van der Waals surface area contributed by atoms with Gasteiger partial charge in [0.25, 0.3) is 0 Å². The zero-order valence-electron chi connectivity index (χ0n) is 13.5. The Morgan fingerprint density at radius 3 is 2.56 bits per heavy atom. The van der Waals surface area contributed by atoms with Crippen LogP contribution in [0.15, 0.2) is 47.5 Å². The van der Waals surface area contributed by atoms with Crippen molar-refractivity contribution < 1.29 is 13.9 Å². The minimum absolute atomic E-state index is 0.0745. The first-order valence-corrected chi connectivity index (χ1v) is 8.88. The van der Waals surface area contributed by atoms with Crippen LogP contribution in [0.3, 0.4) is 0 Å². The maximum atomic E-state index is 14.1. The molecule has 1 unspecified atom stereocenters. The maximum Gasteiger partial charge on any atom is 0.165 e. The van der Waals surface area contributed by atoms with E-state index < -0.39 is 16.5 Å². The summed E-state index contributed by atoms with van der Waals surface area (Å²) in [5.41, 5.74) is 0.669. The first kappa shape index (κ1) is 16.9. The normalized spacial score (nSPS) is 11.8. The number of pyridine rings is 1. The van der Waals surface area contributed by atoms with E-state index in [4.69, 9.17) is 14.3 Å². The Bertz CT molecular complexity index is 1010. The van der Waals surface area contributed by atoms with Gasteiger partial charge in [-0.1, -0.05) is 10.7 Å². The molecule has 25 heavy (non-hydrogen) atoms. The highest BCUT2D eigenvalue weighted by molar-refractivity contribution is 7.85. The average molecular weight is 355 g/mol. The van der Waals surface area contributed by atoms with Crippen molar-refractivity contribution in [1.29, 1.82) is 10.0 Å². The molecule has 5 nitrogen and oxygen atoms in total. The van der Waals surface area contributed by atoms with E-state index in [2.05, 4.69) is 4.98 Å². The zero-order valence-corrected chi connectivity index (χ0v) is 14.4. The molecule has 1 atom stereocenters. The number of ether oxygens (including phenoxy) is 2. The fourth-order valence-electron chi connectivity index (χ4n) is 2.34. The molecule has 0 radical (unpaired) electrons. The van der Waals surface area contributed by atoms with Gasteiger partial charge in [0, 0.05) is 22.5 Å². The van der Waals surface area contributed by atoms with Gasteiger partial charge in [0.2, 0.25) is 0 Å². The van der Waals surface area contributed by atoms with Gasteiger partial charge in [-0.25, -0.2) is 4.39 Å². The molecule has 0 amide bonds. The third-order valence-electron chi connectivity index (χ3n) is 3.61. The van der Waals surface area contributed by atoms with E-state index in [0.717, 1.165) is 4.90 Å². The highest BCUT2D eigenvalue weighted by atomic mass is 32.2. The van der Waals surface area contributed by atoms with Crippen molar-refractivity contribution in [3.05, 3.63) is 54.0 Å². The molecule has 7 heteroatoms. The average Bonchev–Trinajstić information content (AvgIpc) is 2.62. The van der Waals surface area contributed by atoms with Crippen LogP contribution in [0, 0.1) is 21.9 Å². The number of hydrogen-bond donors (Lipinski definition) is 1. The number of nitrogens with one attached hydrogen (secondary N) is 1. The van der Waals surface area contributed by atoms with Crippen LogP contribution in [0.25, 0.3) is 10.9 Å². The summed E-state index contributed by atoms with van der Waals surface area (Å²) >= 11 is 0. The van der Waals surface area contributed by atoms with Gasteiger partial charge in [-0.05, 0) is 36.6 Å². The zero-order chi connectivity index (χ0) is 18.0. The largest absolute Gasteiger partial charge is 0.494 e. The summed E-state index contributed by atoms with van der Waals surface area (Å²) in [5.74, 6) is 0.249. The molecule has 0 aliphatic carbocycles. The lowest BCUT2D eigenvalue weighted by atomic mass is 10.1. The summed E-state index contributed by atoms with van der Waals surface area (Å²) in [7, 11) is 0.776. The number of hydrogen-bond acceptors (Lipinski definition) is 5. The van der Waals surface area contributed by atoms with E-state index in [9.17, 15) is 9.65 Å². The van der Waals surface area contributed by atoms with E-state index in [1.54, 1.807) is 30.5 Å². The number of aromatic nitrogens is 1. The lowest BCUT2D eigenvalue weighted by Crippen LogP contribution is -1.95. The van der Waals surface area contributed by atoms with Crippen LogP contribution < -0.4 is 9.47 Å². The number of nitrogens with zero attached hydrogens (tertiary/aromatic N) is 2. The molecule has 3 rings (SSSR count). The van der Waals surface area contributed by atoms with Gasteiger partial charge >= 0.3 is 0 Å². The van der Waals surface area contributed by atoms with Crippen LogP contribution >= 0.6 is 0 Å². The van der Waals surface area contributed by atoms with Gasteiger partial charge < -0.3 is 9.47 Å². The van der Waals surface area contributed by atoms with Crippen molar-refractivity contribution in [2.45, 2.75) is 4.90 Å². The molecule has 1 heterocycles. The Morgan fingerprint density at radius 2 is 1.96 bits per heavy atom. The molecular weight excluding hydrogens is 341 g/mol. The number of methoxy groups -OCH3 is 1. The van der Waals surface area contributed by atoms with Crippen LogP contribution in [0.5, 0.6) is 17.2 Å². The third-order valence-corrected chi connectivity index (χ3v) is 4.59. The second kappa shape index (κ2) is 6.87. The predicted molar refractivity (Wildman–Crippen MR) is 93.8 cm³/mol. The number of fused-ring (bicyclic) bond motifs is 1. The number of nitriles is 1. The van der Waals surface area contributed by atoms with Gasteiger partial charge in [0.05, 0.1) is 12.6 Å². The van der Waals surface area contributed by atoms with Gasteiger partial charge in [0.15, 0.2) is 17.3 Å². The van der Waals surface area contributed by atoms with E-state index >= 15 is 0 Å². The molecule has 0 fully saturated rings. The molecule has 0 aliphatic heterocycles. The number of halogens is 1. The summed E-state index contributed by atoms with van der Waals surface area (Å²) in [5, 5.41) is 9.72. The van der Waals surface area contributed by atoms with E-state index in [1.807, 2.05) is 6.07 Å². The van der Waals surface area contributed by atoms with Crippen molar-refractivity contribution >= 4 is 21.6 Å². The summed E-state index contributed by atoms with van der Waals surface area (Å²) in [4.78, 5) is 5.05. The topological polar surface area (TPSA) is 79.0 Å². The van der Waals surface area contributed by atoms with Crippen molar-refractivity contribution in [2.24, 2.45) is 0 Å². The Hall–Kier alpha value is -2.98. The quantitative estimate of drug-likeness (QED) is 0.751. The Balaban J connectivity index is 2.11. The SMILES string of the molecule is COc1cc2ncc(C#N)c(Oc3ccc(S(C)=N)cc3)c2cc1F. The van der Waals surface area contributed by atoms with Crippen LogP contribution in [0.4, 0.5) is 4.39 Å². The Morgan fingerprint density at radius 1 is 1.24 bits per heavy atom. The molecule has 3 aromatic rings. The molecule has 0 saturated heterocycles. The first-order chi connectivity index (χ1) is 12.0. The summed E-state index contributed by atoms with van der Waals surface area (Å²) in [6.45, 7) is 0. The minimum atomic E-state index is -0.600. The van der Waals surface area contributed by atoms with Crippen LogP contribution in [0.1, 0.15) is 5.56 Å². The van der Waals surface area contributed by atoms with Gasteiger partial charge in [-0.3, -0.25) is 9.76 Å². The van der Waals surface area contributed by atoms with Crippen molar-refractivity contribution in [1.82, 2.24) is 4.98 Å². The standard InChI is InChI=1S/C18H14FN3O2S/c1-23-17-8-16-14(7-15(17)19)18(11(9-20)10-22-16)24-12-3-5-13(6-4-12)25(2)21/h3-8,10,21H,1-2H3. The third kappa shape index (κ3) is 3.30. The smallest absolute Gasteiger partial charge is 0.165 e. The van der Waals surface area contributed by atoms with E-state index in [1.165, 1.54) is 25.4 Å². The van der Waals surface area contributed by atoms with Gasteiger partial charge in [-0.15, -0.1) is 0 Å². The molecule has 1 N–H and O–H groups in total. The highest BCUT2D eigenvalue weighted by Gasteiger charge is 2.15. The van der Waals surface area contributed by atoms with E-state index in [-0.39, 0.29) is 17.1 Å². The molecule has 2 aromatic carbocycles. The lowest BCUT2D eigenvalue weighted by Gasteiger charge is -2.12. The second-order valence-corrected chi connectivity index (χ2v) is 6.69. The van der Waals surface area contributed by atoms with Gasteiger partial charge in [0.1, 0.15) is 17.4 Å². The molecule has 0 aliphatic rings. The Labute approximate surface area is 146 Å². The Kier molecular flexibility index (Phi) is 4.63. The monoisotopic (exact) mass is 355 g/mol. The fraction of sp³-hybridized carbons (Fsp3) is 0.111. The van der Waals surface area contributed by atoms with Crippen LogP contribution in [0.2, 0.25) is 0 Å². The predicted octanol–water partition coefficient (Wildman–Crippen LogP) is 4.42. The van der Waals surface area contributed by atoms with Crippen molar-refractivity contribution in [3.63, 3.8) is 0 Å². The molecular formula is C18H14FN3O2S. The summed E-state index contributed by atoms with van der Waals surface area (Å²) in [6, 6.07) is 11.8. The van der Waals surface area contributed by atoms with Crippen LogP contribution in [-0.2, 0) is 10.7 Å². The minimum Gasteiger partial charge on any atom is -0.494 e. The summed E-state index contributed by atoms with van der Waals surface area (Å²) in [6.07, 6.45) is 3.19. The molecule has 1 aromatic heterocycles. The highest BCUT2D eigenvalue weighted by Crippen LogP contribution is 2.35. The lowest BCUT2D eigenvalue weighted by molar-refractivity contribution is 0.387. The fourth-order valence-corrected chi connectivity index (χ4v) is 2.89.